The maximum Gasteiger partial charge on any atom is 0.151 e. The molecular weight excluding hydrogens is 240 g/mol. The lowest BCUT2D eigenvalue weighted by atomic mass is 10.2. The van der Waals surface area contributed by atoms with E-state index in [1.807, 2.05) is 0 Å². The average molecular weight is 264 g/mol. The van der Waals surface area contributed by atoms with Gasteiger partial charge in [-0.05, 0) is 6.54 Å². The molecule has 17 heavy (non-hydrogen) atoms. The number of morpholine rings is 1. The van der Waals surface area contributed by atoms with Crippen molar-refractivity contribution in [2.24, 2.45) is 0 Å². The molecule has 0 aromatic rings. The highest BCUT2D eigenvalue weighted by Gasteiger charge is 2.18. The van der Waals surface area contributed by atoms with E-state index in [0.29, 0.717) is 6.54 Å². The Hall–Kier alpha value is -0.170. The summed E-state index contributed by atoms with van der Waals surface area (Å²) in [6, 6.07) is 0. The summed E-state index contributed by atoms with van der Waals surface area (Å²) >= 11 is 0. The molecule has 102 valence electrons. The van der Waals surface area contributed by atoms with E-state index in [9.17, 15) is 8.42 Å². The van der Waals surface area contributed by atoms with Crippen LogP contribution in [0.5, 0.6) is 0 Å². The molecule has 0 saturated carbocycles. The van der Waals surface area contributed by atoms with Gasteiger partial charge in [-0.2, -0.15) is 0 Å². The Morgan fingerprint density at radius 3 is 2.82 bits per heavy atom. The maximum absolute atomic E-state index is 11.3. The molecule has 1 atom stereocenters. The molecule has 0 radical (unpaired) electrons. The standard InChI is InChI=1S/C11H24N2O3S/c1-3-13-6-7-16-11(10-13)9-12-5-8-17(14,15)4-2/h11-12H,3-10H2,1-2H3. The molecule has 1 unspecified atom stereocenters. The van der Waals surface area contributed by atoms with Crippen LogP contribution in [0, 0.1) is 0 Å². The third kappa shape index (κ3) is 5.81. The lowest BCUT2D eigenvalue weighted by Gasteiger charge is -2.32. The van der Waals surface area contributed by atoms with E-state index in [4.69, 9.17) is 4.74 Å². The molecule has 0 aliphatic carbocycles. The molecular formula is C11H24N2O3S. The number of nitrogens with zero attached hydrogens (tertiary/aromatic N) is 1. The third-order valence-electron chi connectivity index (χ3n) is 3.07. The summed E-state index contributed by atoms with van der Waals surface area (Å²) in [7, 11) is -2.85. The van der Waals surface area contributed by atoms with Crippen molar-refractivity contribution < 1.29 is 13.2 Å². The third-order valence-corrected chi connectivity index (χ3v) is 4.78. The zero-order valence-corrected chi connectivity index (χ0v) is 11.6. The maximum atomic E-state index is 11.3. The lowest BCUT2D eigenvalue weighted by Crippen LogP contribution is -2.46. The fourth-order valence-electron chi connectivity index (χ4n) is 1.83. The molecule has 1 N–H and O–H groups in total. The summed E-state index contributed by atoms with van der Waals surface area (Å²) < 4.78 is 28.2. The van der Waals surface area contributed by atoms with Gasteiger partial charge in [0.2, 0.25) is 0 Å². The number of hydrogen-bond donors (Lipinski definition) is 1. The summed E-state index contributed by atoms with van der Waals surface area (Å²) in [5.41, 5.74) is 0. The van der Waals surface area contributed by atoms with Gasteiger partial charge in [0.25, 0.3) is 0 Å². The predicted molar refractivity (Wildman–Crippen MR) is 69.1 cm³/mol. The van der Waals surface area contributed by atoms with Gasteiger partial charge in [0.05, 0.1) is 18.5 Å². The predicted octanol–water partition coefficient (Wildman–Crippen LogP) is -0.269. The van der Waals surface area contributed by atoms with Gasteiger partial charge in [0.15, 0.2) is 9.84 Å². The van der Waals surface area contributed by atoms with Crippen molar-refractivity contribution in [3.63, 3.8) is 0 Å². The van der Waals surface area contributed by atoms with E-state index < -0.39 is 9.84 Å². The first-order chi connectivity index (χ1) is 8.07. The van der Waals surface area contributed by atoms with Crippen LogP contribution in [0.2, 0.25) is 0 Å². The van der Waals surface area contributed by atoms with Crippen molar-refractivity contribution in [3.05, 3.63) is 0 Å². The second-order valence-corrected chi connectivity index (χ2v) is 6.80. The summed E-state index contributed by atoms with van der Waals surface area (Å²) in [5.74, 6) is 0.436. The first kappa shape index (κ1) is 14.9. The molecule has 0 aromatic carbocycles. The zero-order valence-electron chi connectivity index (χ0n) is 10.8. The van der Waals surface area contributed by atoms with Gasteiger partial charge in [-0.3, -0.25) is 4.90 Å². The summed E-state index contributed by atoms with van der Waals surface area (Å²) in [6.07, 6.45) is 0.188. The molecule has 1 fully saturated rings. The number of nitrogens with one attached hydrogen (secondary N) is 1. The minimum absolute atomic E-state index is 0.188. The minimum atomic E-state index is -2.85. The van der Waals surface area contributed by atoms with Crippen LogP contribution in [0.3, 0.4) is 0 Å². The van der Waals surface area contributed by atoms with Crippen LogP contribution in [0.4, 0.5) is 0 Å². The highest BCUT2D eigenvalue weighted by atomic mass is 32.2. The normalized spacial score (nSPS) is 22.8. The summed E-state index contributed by atoms with van der Waals surface area (Å²) in [5, 5.41) is 3.16. The van der Waals surface area contributed by atoms with E-state index in [1.54, 1.807) is 6.92 Å². The number of ether oxygens (including phenoxy) is 1. The number of likely N-dealkylation sites (N-methyl/N-ethyl adjacent to an activating group) is 1. The molecule has 0 aromatic heterocycles. The molecule has 0 amide bonds. The Balaban J connectivity index is 2.14. The first-order valence-corrected chi connectivity index (χ1v) is 8.14. The molecule has 1 saturated heterocycles. The zero-order chi connectivity index (χ0) is 12.7. The Morgan fingerprint density at radius 1 is 1.41 bits per heavy atom. The molecule has 0 spiro atoms. The molecule has 0 bridgehead atoms. The van der Waals surface area contributed by atoms with Gasteiger partial charge in [0, 0.05) is 31.9 Å². The molecule has 6 heteroatoms. The number of rotatable bonds is 7. The van der Waals surface area contributed by atoms with Crippen molar-refractivity contribution in [2.75, 3.05) is 50.8 Å². The summed E-state index contributed by atoms with van der Waals surface area (Å²) in [4.78, 5) is 2.35. The Kier molecular flexibility index (Phi) is 6.40. The van der Waals surface area contributed by atoms with Crippen molar-refractivity contribution >= 4 is 9.84 Å². The van der Waals surface area contributed by atoms with Crippen LogP contribution < -0.4 is 5.32 Å². The van der Waals surface area contributed by atoms with Gasteiger partial charge in [-0.25, -0.2) is 8.42 Å². The van der Waals surface area contributed by atoms with E-state index in [1.165, 1.54) is 0 Å². The SMILES string of the molecule is CCN1CCOC(CNCCS(=O)(=O)CC)C1. The Morgan fingerprint density at radius 2 is 2.18 bits per heavy atom. The van der Waals surface area contributed by atoms with Crippen LogP contribution in [-0.4, -0.2) is 70.3 Å². The highest BCUT2D eigenvalue weighted by Crippen LogP contribution is 2.03. The van der Waals surface area contributed by atoms with Crippen molar-refractivity contribution in [1.82, 2.24) is 10.2 Å². The molecule has 1 aliphatic rings. The highest BCUT2D eigenvalue weighted by molar-refractivity contribution is 7.91. The molecule has 1 heterocycles. The van der Waals surface area contributed by atoms with Crippen LogP contribution in [0.1, 0.15) is 13.8 Å². The van der Waals surface area contributed by atoms with Gasteiger partial charge in [-0.1, -0.05) is 13.8 Å². The smallest absolute Gasteiger partial charge is 0.151 e. The quantitative estimate of drug-likeness (QED) is 0.642. The van der Waals surface area contributed by atoms with E-state index in [2.05, 4.69) is 17.1 Å². The van der Waals surface area contributed by atoms with Crippen LogP contribution in [0.25, 0.3) is 0 Å². The minimum Gasteiger partial charge on any atom is -0.374 e. The average Bonchev–Trinajstić information content (AvgIpc) is 2.35. The van der Waals surface area contributed by atoms with Crippen molar-refractivity contribution in [3.8, 4) is 0 Å². The van der Waals surface area contributed by atoms with Crippen LogP contribution in [-0.2, 0) is 14.6 Å². The molecule has 1 rings (SSSR count). The van der Waals surface area contributed by atoms with Gasteiger partial charge in [-0.15, -0.1) is 0 Å². The van der Waals surface area contributed by atoms with E-state index in [0.717, 1.165) is 32.8 Å². The van der Waals surface area contributed by atoms with Gasteiger partial charge < -0.3 is 10.1 Å². The second kappa shape index (κ2) is 7.31. The fraction of sp³-hybridized carbons (Fsp3) is 1.00. The largest absolute Gasteiger partial charge is 0.374 e. The number of sulfone groups is 1. The fourth-order valence-corrected chi connectivity index (χ4v) is 2.57. The lowest BCUT2D eigenvalue weighted by molar-refractivity contribution is -0.0249. The molecule has 5 nitrogen and oxygen atoms in total. The monoisotopic (exact) mass is 264 g/mol. The van der Waals surface area contributed by atoms with Crippen molar-refractivity contribution in [2.45, 2.75) is 20.0 Å². The Labute approximate surface area is 104 Å². The number of hydrogen-bond acceptors (Lipinski definition) is 5. The summed E-state index contributed by atoms with van der Waals surface area (Å²) in [6.45, 7) is 8.82. The van der Waals surface area contributed by atoms with Crippen LogP contribution >= 0.6 is 0 Å². The molecule has 1 aliphatic heterocycles. The van der Waals surface area contributed by atoms with E-state index in [-0.39, 0.29) is 17.6 Å². The van der Waals surface area contributed by atoms with E-state index >= 15 is 0 Å². The first-order valence-electron chi connectivity index (χ1n) is 6.32. The van der Waals surface area contributed by atoms with Crippen molar-refractivity contribution in [1.29, 1.82) is 0 Å². The van der Waals surface area contributed by atoms with Crippen LogP contribution in [0.15, 0.2) is 0 Å². The van der Waals surface area contributed by atoms with Gasteiger partial charge in [0.1, 0.15) is 0 Å². The van der Waals surface area contributed by atoms with Gasteiger partial charge >= 0.3 is 0 Å². The Bertz CT molecular complexity index is 306. The second-order valence-electron chi connectivity index (χ2n) is 4.33. The topological polar surface area (TPSA) is 58.6 Å².